The minimum Gasteiger partial charge on any atom is -0.362 e. The highest BCUT2D eigenvalue weighted by Gasteiger charge is 2.15. The first-order valence-corrected chi connectivity index (χ1v) is 5.17. The fourth-order valence-corrected chi connectivity index (χ4v) is 2.05. The molecule has 76 valence electrons. The van der Waals surface area contributed by atoms with E-state index < -0.39 is 0 Å². The van der Waals surface area contributed by atoms with Crippen LogP contribution >= 0.6 is 0 Å². The lowest BCUT2D eigenvalue weighted by atomic mass is 9.95. The summed E-state index contributed by atoms with van der Waals surface area (Å²) in [7, 11) is 0. The predicted molar refractivity (Wildman–Crippen MR) is 56.6 cm³/mol. The van der Waals surface area contributed by atoms with E-state index in [1.54, 1.807) is 12.1 Å². The van der Waals surface area contributed by atoms with E-state index in [4.69, 9.17) is 0 Å². The Balaban J connectivity index is 2.26. The molecule has 0 bridgehead atoms. The van der Waals surface area contributed by atoms with Gasteiger partial charge in [0.15, 0.2) is 5.43 Å². The molecule has 1 fully saturated rings. The average molecular weight is 192 g/mol. The predicted octanol–water partition coefficient (Wildman–Crippen LogP) is 1.15. The smallest absolute Gasteiger partial charge is 0.182 e. The first-order valence-electron chi connectivity index (χ1n) is 5.17. The normalized spacial score (nSPS) is 22.2. The highest BCUT2D eigenvalue weighted by atomic mass is 16.1. The summed E-state index contributed by atoms with van der Waals surface area (Å²) >= 11 is 0. The van der Waals surface area contributed by atoms with E-state index in [-0.39, 0.29) is 5.43 Å². The molecule has 1 aliphatic heterocycles. The summed E-state index contributed by atoms with van der Waals surface area (Å²) in [6.45, 7) is 4.02. The van der Waals surface area contributed by atoms with Gasteiger partial charge in [0.1, 0.15) is 0 Å². The topological polar surface area (TPSA) is 44.9 Å². The van der Waals surface area contributed by atoms with Gasteiger partial charge >= 0.3 is 0 Å². The molecule has 1 aromatic heterocycles. The van der Waals surface area contributed by atoms with Crippen molar-refractivity contribution in [2.24, 2.45) is 0 Å². The lowest BCUT2D eigenvalue weighted by molar-refractivity contribution is 0.454. The molecule has 1 aromatic rings. The van der Waals surface area contributed by atoms with E-state index in [1.165, 1.54) is 12.8 Å². The summed E-state index contributed by atoms with van der Waals surface area (Å²) in [5.41, 5.74) is 2.15. The van der Waals surface area contributed by atoms with Gasteiger partial charge in [-0.05, 0) is 26.3 Å². The molecule has 3 nitrogen and oxygen atoms in total. The van der Waals surface area contributed by atoms with Crippen LogP contribution in [0.4, 0.5) is 0 Å². The third-order valence-electron chi connectivity index (χ3n) is 2.73. The zero-order valence-corrected chi connectivity index (χ0v) is 8.47. The molecule has 2 N–H and O–H groups in total. The second kappa shape index (κ2) is 3.96. The molecule has 0 radical (unpaired) electrons. The number of aromatic nitrogens is 1. The fourth-order valence-electron chi connectivity index (χ4n) is 2.05. The van der Waals surface area contributed by atoms with Crippen molar-refractivity contribution in [3.63, 3.8) is 0 Å². The Labute approximate surface area is 83.5 Å². The molecule has 0 amide bonds. The Morgan fingerprint density at radius 1 is 1.43 bits per heavy atom. The molecule has 1 atom stereocenters. The molecule has 2 rings (SSSR count). The van der Waals surface area contributed by atoms with Gasteiger partial charge in [0, 0.05) is 36.0 Å². The summed E-state index contributed by atoms with van der Waals surface area (Å²) in [6.07, 6.45) is 2.37. The zero-order chi connectivity index (χ0) is 9.97. The highest BCUT2D eigenvalue weighted by molar-refractivity contribution is 5.15. The van der Waals surface area contributed by atoms with Crippen LogP contribution in [0.25, 0.3) is 0 Å². The minimum absolute atomic E-state index is 0.113. The van der Waals surface area contributed by atoms with E-state index >= 15 is 0 Å². The fraction of sp³-hybridized carbons (Fsp3) is 0.545. The number of piperidine rings is 1. The highest BCUT2D eigenvalue weighted by Crippen LogP contribution is 2.20. The van der Waals surface area contributed by atoms with Gasteiger partial charge in [0.2, 0.25) is 0 Å². The SMILES string of the molecule is Cc1cc(=O)cc(C2CCCNC2)[nH]1. The van der Waals surface area contributed by atoms with E-state index in [1.807, 2.05) is 6.92 Å². The van der Waals surface area contributed by atoms with Gasteiger partial charge < -0.3 is 10.3 Å². The van der Waals surface area contributed by atoms with E-state index in [0.717, 1.165) is 24.5 Å². The number of nitrogens with one attached hydrogen (secondary N) is 2. The van der Waals surface area contributed by atoms with Crippen molar-refractivity contribution < 1.29 is 0 Å². The third kappa shape index (κ3) is 2.04. The molecule has 0 aromatic carbocycles. The monoisotopic (exact) mass is 192 g/mol. The minimum atomic E-state index is 0.113. The average Bonchev–Trinajstić information content (AvgIpc) is 2.18. The summed E-state index contributed by atoms with van der Waals surface area (Å²) < 4.78 is 0. The Kier molecular flexibility index (Phi) is 2.68. The first kappa shape index (κ1) is 9.46. The zero-order valence-electron chi connectivity index (χ0n) is 8.47. The van der Waals surface area contributed by atoms with Gasteiger partial charge in [0.25, 0.3) is 0 Å². The molecule has 1 unspecified atom stereocenters. The van der Waals surface area contributed by atoms with Crippen molar-refractivity contribution >= 4 is 0 Å². The van der Waals surface area contributed by atoms with Gasteiger partial charge in [-0.2, -0.15) is 0 Å². The molecule has 0 spiro atoms. The number of rotatable bonds is 1. The van der Waals surface area contributed by atoms with Crippen LogP contribution in [0.2, 0.25) is 0 Å². The Hall–Kier alpha value is -1.09. The van der Waals surface area contributed by atoms with Gasteiger partial charge in [-0.15, -0.1) is 0 Å². The van der Waals surface area contributed by atoms with Crippen LogP contribution in [-0.4, -0.2) is 18.1 Å². The lowest BCUT2D eigenvalue weighted by Gasteiger charge is -2.22. The van der Waals surface area contributed by atoms with Crippen LogP contribution < -0.4 is 10.7 Å². The van der Waals surface area contributed by atoms with E-state index in [9.17, 15) is 4.79 Å². The van der Waals surface area contributed by atoms with Crippen molar-refractivity contribution in [1.29, 1.82) is 0 Å². The summed E-state index contributed by atoms with van der Waals surface area (Å²) in [4.78, 5) is 14.6. The summed E-state index contributed by atoms with van der Waals surface area (Å²) in [5, 5.41) is 3.35. The molecule has 3 heteroatoms. The maximum atomic E-state index is 11.3. The van der Waals surface area contributed by atoms with Gasteiger partial charge in [-0.1, -0.05) is 0 Å². The molecule has 0 aliphatic carbocycles. The van der Waals surface area contributed by atoms with Gasteiger partial charge in [-0.25, -0.2) is 0 Å². The van der Waals surface area contributed by atoms with Crippen molar-refractivity contribution in [3.8, 4) is 0 Å². The summed E-state index contributed by atoms with van der Waals surface area (Å²) in [6, 6.07) is 3.37. The van der Waals surface area contributed by atoms with Crippen LogP contribution in [0.5, 0.6) is 0 Å². The maximum absolute atomic E-state index is 11.3. The molecule has 1 saturated heterocycles. The number of aryl methyl sites for hydroxylation is 1. The van der Waals surface area contributed by atoms with Crippen molar-refractivity contribution in [2.45, 2.75) is 25.7 Å². The standard InChI is InChI=1S/C11H16N2O/c1-8-5-10(14)6-11(13-8)9-3-2-4-12-7-9/h5-6,9,12H,2-4,7H2,1H3,(H,13,14). The summed E-state index contributed by atoms with van der Waals surface area (Å²) in [5.74, 6) is 0.483. The molecule has 14 heavy (non-hydrogen) atoms. The van der Waals surface area contributed by atoms with E-state index in [0.29, 0.717) is 5.92 Å². The van der Waals surface area contributed by atoms with Crippen LogP contribution in [0, 0.1) is 6.92 Å². The molecule has 2 heterocycles. The Morgan fingerprint density at radius 2 is 2.29 bits per heavy atom. The third-order valence-corrected chi connectivity index (χ3v) is 2.73. The van der Waals surface area contributed by atoms with Crippen molar-refractivity contribution in [1.82, 2.24) is 10.3 Å². The Morgan fingerprint density at radius 3 is 2.93 bits per heavy atom. The molecular weight excluding hydrogens is 176 g/mol. The lowest BCUT2D eigenvalue weighted by Crippen LogP contribution is -2.29. The second-order valence-electron chi connectivity index (χ2n) is 4.00. The van der Waals surface area contributed by atoms with Crippen LogP contribution in [-0.2, 0) is 0 Å². The van der Waals surface area contributed by atoms with Crippen LogP contribution in [0.3, 0.4) is 0 Å². The number of hydrogen-bond acceptors (Lipinski definition) is 2. The number of H-pyrrole nitrogens is 1. The molecule has 1 aliphatic rings. The molecular formula is C11H16N2O. The molecule has 0 saturated carbocycles. The quantitative estimate of drug-likeness (QED) is 0.701. The number of pyridine rings is 1. The Bertz CT molecular complexity index is 364. The maximum Gasteiger partial charge on any atom is 0.182 e. The number of hydrogen-bond donors (Lipinski definition) is 2. The number of aromatic amines is 1. The van der Waals surface area contributed by atoms with E-state index in [2.05, 4.69) is 10.3 Å². The van der Waals surface area contributed by atoms with Crippen molar-refractivity contribution in [2.75, 3.05) is 13.1 Å². The van der Waals surface area contributed by atoms with Gasteiger partial charge in [-0.3, -0.25) is 4.79 Å². The first-order chi connectivity index (χ1) is 6.75. The van der Waals surface area contributed by atoms with Crippen LogP contribution in [0.15, 0.2) is 16.9 Å². The van der Waals surface area contributed by atoms with Crippen LogP contribution in [0.1, 0.15) is 30.1 Å². The largest absolute Gasteiger partial charge is 0.362 e. The van der Waals surface area contributed by atoms with Gasteiger partial charge in [0.05, 0.1) is 0 Å². The van der Waals surface area contributed by atoms with Crippen molar-refractivity contribution in [3.05, 3.63) is 33.7 Å². The second-order valence-corrected chi connectivity index (χ2v) is 4.00.